The van der Waals surface area contributed by atoms with Crippen LogP contribution in [0, 0.1) is 27.7 Å². The van der Waals surface area contributed by atoms with Gasteiger partial charge in [-0.2, -0.15) is 0 Å². The molecule has 2 heteroatoms. The molecule has 0 radical (unpaired) electrons. The molecule has 4 aromatic carbocycles. The van der Waals surface area contributed by atoms with Crippen molar-refractivity contribution in [2.45, 2.75) is 53.9 Å². The summed E-state index contributed by atoms with van der Waals surface area (Å²) in [5.41, 5.74) is 9.91. The molecule has 0 amide bonds. The molecule has 5 rings (SSSR count). The molecule has 0 saturated heterocycles. The molecule has 0 saturated carbocycles. The number of fused-ring (bicyclic) bond motifs is 4. The number of nitrogens with zero attached hydrogens (tertiary/aromatic N) is 1. The van der Waals surface area contributed by atoms with E-state index in [0.717, 1.165) is 28.3 Å². The molecular weight excluding hydrogens is 390 g/mol. The summed E-state index contributed by atoms with van der Waals surface area (Å²) in [6.07, 6.45) is 0. The van der Waals surface area contributed by atoms with E-state index in [2.05, 4.69) is 114 Å². The third-order valence-corrected chi connectivity index (χ3v) is 6.57. The molecule has 1 heterocycles. The van der Waals surface area contributed by atoms with Crippen LogP contribution in [0.5, 0.6) is 11.5 Å². The van der Waals surface area contributed by atoms with E-state index in [1.807, 2.05) is 0 Å². The fourth-order valence-corrected chi connectivity index (χ4v) is 4.89. The van der Waals surface area contributed by atoms with Crippen molar-refractivity contribution in [3.05, 3.63) is 88.5 Å². The van der Waals surface area contributed by atoms with Crippen molar-refractivity contribution in [3.63, 3.8) is 0 Å². The van der Waals surface area contributed by atoms with Crippen LogP contribution in [0.3, 0.4) is 0 Å². The summed E-state index contributed by atoms with van der Waals surface area (Å²) in [4.78, 5) is 2.41. The van der Waals surface area contributed by atoms with Crippen LogP contribution in [0.1, 0.15) is 48.6 Å². The van der Waals surface area contributed by atoms with E-state index >= 15 is 0 Å². The van der Waals surface area contributed by atoms with Gasteiger partial charge in [-0.3, -0.25) is 0 Å². The van der Waals surface area contributed by atoms with Gasteiger partial charge in [-0.05, 0) is 84.5 Å². The summed E-state index contributed by atoms with van der Waals surface area (Å²) in [5.74, 6) is 1.84. The lowest BCUT2D eigenvalue weighted by Gasteiger charge is -2.36. The zero-order chi connectivity index (χ0) is 22.8. The molecule has 1 aliphatic rings. The lowest BCUT2D eigenvalue weighted by atomic mass is 9.84. The average Bonchev–Trinajstić information content (AvgIpc) is 2.73. The van der Waals surface area contributed by atoms with Crippen molar-refractivity contribution in [3.8, 4) is 11.5 Å². The van der Waals surface area contributed by atoms with Crippen molar-refractivity contribution in [1.82, 2.24) is 0 Å². The van der Waals surface area contributed by atoms with Crippen molar-refractivity contribution in [1.29, 1.82) is 0 Å². The Labute approximate surface area is 191 Å². The van der Waals surface area contributed by atoms with Crippen LogP contribution in [0.2, 0.25) is 0 Å². The molecule has 0 atom stereocenters. The van der Waals surface area contributed by atoms with E-state index in [4.69, 9.17) is 4.74 Å². The quantitative estimate of drug-likeness (QED) is 0.268. The zero-order valence-electron chi connectivity index (χ0n) is 20.1. The molecule has 4 aromatic rings. The Balaban J connectivity index is 1.84. The number of ether oxygens (including phenoxy) is 1. The first-order chi connectivity index (χ1) is 15.1. The monoisotopic (exact) mass is 421 g/mol. The van der Waals surface area contributed by atoms with Gasteiger partial charge in [0.05, 0.1) is 17.1 Å². The van der Waals surface area contributed by atoms with Crippen LogP contribution in [0.4, 0.5) is 17.1 Å². The molecule has 0 N–H and O–H groups in total. The molecule has 2 nitrogen and oxygen atoms in total. The molecular formula is C30H31NO. The maximum atomic E-state index is 6.59. The minimum atomic E-state index is 0.110. The van der Waals surface area contributed by atoms with E-state index in [1.165, 1.54) is 38.9 Å². The van der Waals surface area contributed by atoms with Crippen LogP contribution in [0.15, 0.2) is 60.7 Å². The number of anilines is 3. The summed E-state index contributed by atoms with van der Waals surface area (Å²) >= 11 is 0. The Bertz CT molecular complexity index is 1350. The first-order valence-electron chi connectivity index (χ1n) is 11.4. The van der Waals surface area contributed by atoms with Gasteiger partial charge in [0.1, 0.15) is 0 Å². The Hall–Kier alpha value is -3.26. The lowest BCUT2D eigenvalue weighted by molar-refractivity contribution is 0.482. The molecule has 0 aromatic heterocycles. The molecule has 0 unspecified atom stereocenters. The normalized spacial score (nSPS) is 13.0. The second kappa shape index (κ2) is 7.13. The largest absolute Gasteiger partial charge is 0.452 e. The van der Waals surface area contributed by atoms with E-state index in [-0.39, 0.29) is 5.41 Å². The number of hydrogen-bond donors (Lipinski definition) is 0. The first kappa shape index (κ1) is 20.6. The van der Waals surface area contributed by atoms with E-state index in [0.29, 0.717) is 0 Å². The summed E-state index contributed by atoms with van der Waals surface area (Å²) < 4.78 is 6.59. The summed E-state index contributed by atoms with van der Waals surface area (Å²) in [5, 5.41) is 2.39. The molecule has 1 aliphatic heterocycles. The second-order valence-electron chi connectivity index (χ2n) is 10.2. The average molecular weight is 422 g/mol. The molecule has 0 spiro atoms. The Morgan fingerprint density at radius 3 is 2.00 bits per heavy atom. The molecule has 162 valence electrons. The van der Waals surface area contributed by atoms with Gasteiger partial charge in [0, 0.05) is 5.39 Å². The van der Waals surface area contributed by atoms with E-state index < -0.39 is 0 Å². The van der Waals surface area contributed by atoms with Gasteiger partial charge < -0.3 is 9.64 Å². The van der Waals surface area contributed by atoms with Crippen LogP contribution in [0.25, 0.3) is 10.8 Å². The summed E-state index contributed by atoms with van der Waals surface area (Å²) in [7, 11) is 0. The summed E-state index contributed by atoms with van der Waals surface area (Å²) in [6.45, 7) is 15.6. The Morgan fingerprint density at radius 2 is 1.34 bits per heavy atom. The van der Waals surface area contributed by atoms with Gasteiger partial charge in [0.15, 0.2) is 11.5 Å². The highest BCUT2D eigenvalue weighted by Crippen LogP contribution is 2.55. The minimum absolute atomic E-state index is 0.110. The lowest BCUT2D eigenvalue weighted by Crippen LogP contribution is -2.20. The number of rotatable bonds is 1. The minimum Gasteiger partial charge on any atom is -0.452 e. The van der Waals surface area contributed by atoms with Crippen LogP contribution < -0.4 is 9.64 Å². The van der Waals surface area contributed by atoms with Gasteiger partial charge in [-0.25, -0.2) is 0 Å². The highest BCUT2D eigenvalue weighted by atomic mass is 16.5. The Kier molecular flexibility index (Phi) is 4.60. The second-order valence-corrected chi connectivity index (χ2v) is 10.2. The maximum absolute atomic E-state index is 6.59. The Morgan fingerprint density at radius 1 is 0.688 bits per heavy atom. The van der Waals surface area contributed by atoms with Crippen molar-refractivity contribution in [2.75, 3.05) is 4.90 Å². The van der Waals surface area contributed by atoms with Crippen LogP contribution in [-0.2, 0) is 5.41 Å². The van der Waals surface area contributed by atoms with Crippen molar-refractivity contribution < 1.29 is 4.74 Å². The summed E-state index contributed by atoms with van der Waals surface area (Å²) in [6, 6.07) is 22.0. The highest BCUT2D eigenvalue weighted by Gasteiger charge is 2.30. The van der Waals surface area contributed by atoms with Crippen molar-refractivity contribution in [2.24, 2.45) is 0 Å². The van der Waals surface area contributed by atoms with Gasteiger partial charge >= 0.3 is 0 Å². The van der Waals surface area contributed by atoms with E-state index in [9.17, 15) is 0 Å². The smallest absolute Gasteiger partial charge is 0.159 e. The topological polar surface area (TPSA) is 12.5 Å². The number of benzene rings is 4. The number of hydrogen-bond acceptors (Lipinski definition) is 2. The molecule has 0 fully saturated rings. The SMILES string of the molecule is Cc1ccc2c(c1)Oc1c(cc(C)c3ccccc13)N2c1c(C)cc(C(C)(C)C)cc1C. The van der Waals surface area contributed by atoms with E-state index in [1.54, 1.807) is 0 Å². The molecule has 32 heavy (non-hydrogen) atoms. The van der Waals surface area contributed by atoms with Crippen LogP contribution in [-0.4, -0.2) is 0 Å². The first-order valence-corrected chi connectivity index (χ1v) is 11.4. The highest BCUT2D eigenvalue weighted by molar-refractivity contribution is 6.01. The molecule has 0 aliphatic carbocycles. The number of aryl methyl sites for hydroxylation is 4. The van der Waals surface area contributed by atoms with Crippen LogP contribution >= 0.6 is 0 Å². The predicted molar refractivity (Wildman–Crippen MR) is 136 cm³/mol. The van der Waals surface area contributed by atoms with Gasteiger partial charge in [0.2, 0.25) is 0 Å². The van der Waals surface area contributed by atoms with Crippen molar-refractivity contribution >= 4 is 27.8 Å². The zero-order valence-corrected chi connectivity index (χ0v) is 20.1. The fourth-order valence-electron chi connectivity index (χ4n) is 4.89. The maximum Gasteiger partial charge on any atom is 0.159 e. The standard InChI is InChI=1S/C30H31NO/c1-18-12-13-25-27(14-18)32-29-24-11-9-8-10-23(24)19(2)17-26(29)31(25)28-20(3)15-22(16-21(28)4)30(5,6)7/h8-17H,1-7H3. The van der Waals surface area contributed by atoms with Gasteiger partial charge in [0.25, 0.3) is 0 Å². The predicted octanol–water partition coefficient (Wildman–Crippen LogP) is 8.95. The van der Waals surface area contributed by atoms with Gasteiger partial charge in [-0.15, -0.1) is 0 Å². The fraction of sp³-hybridized carbons (Fsp3) is 0.267. The van der Waals surface area contributed by atoms with Gasteiger partial charge in [-0.1, -0.05) is 63.2 Å². The molecule has 0 bridgehead atoms. The third-order valence-electron chi connectivity index (χ3n) is 6.57. The third kappa shape index (κ3) is 3.17.